The SMILES string of the molecule is Cc1cc(-c2ccc(COc3ccc4c(c3)[C@]3(CCC4)CC[C@@H]3C(=O)O)cc2[C@@H]2CCCC2(C)C)c(F)cn1. The van der Waals surface area contributed by atoms with E-state index in [1.54, 1.807) is 0 Å². The molecule has 2 fully saturated rings. The Morgan fingerprint density at radius 3 is 2.62 bits per heavy atom. The first-order chi connectivity index (χ1) is 18.7. The quantitative estimate of drug-likeness (QED) is 0.351. The second-order valence-electron chi connectivity index (χ2n) is 12.7. The van der Waals surface area contributed by atoms with Crippen LogP contribution in [0.2, 0.25) is 0 Å². The van der Waals surface area contributed by atoms with Crippen LogP contribution in [-0.2, 0) is 23.2 Å². The van der Waals surface area contributed by atoms with Gasteiger partial charge in [-0.3, -0.25) is 9.78 Å². The Hall–Kier alpha value is -3.21. The van der Waals surface area contributed by atoms with Crippen LogP contribution in [0.3, 0.4) is 0 Å². The number of carboxylic acid groups (broad SMARTS) is 1. The molecule has 3 aliphatic carbocycles. The summed E-state index contributed by atoms with van der Waals surface area (Å²) < 4.78 is 21.3. The van der Waals surface area contributed by atoms with Gasteiger partial charge < -0.3 is 9.84 Å². The van der Waals surface area contributed by atoms with Gasteiger partial charge in [-0.1, -0.05) is 44.5 Å². The molecule has 3 aliphatic rings. The molecule has 0 aliphatic heterocycles. The molecule has 0 radical (unpaired) electrons. The minimum Gasteiger partial charge on any atom is -0.489 e. The van der Waals surface area contributed by atoms with Gasteiger partial charge in [0.2, 0.25) is 0 Å². The summed E-state index contributed by atoms with van der Waals surface area (Å²) in [6, 6.07) is 14.4. The molecule has 3 aromatic rings. The van der Waals surface area contributed by atoms with Crippen LogP contribution in [0.25, 0.3) is 11.1 Å². The summed E-state index contributed by atoms with van der Waals surface area (Å²) in [7, 11) is 0. The molecule has 1 N–H and O–H groups in total. The Balaban J connectivity index is 1.31. The van der Waals surface area contributed by atoms with Gasteiger partial charge in [0.25, 0.3) is 0 Å². The zero-order valence-electron chi connectivity index (χ0n) is 23.2. The summed E-state index contributed by atoms with van der Waals surface area (Å²) in [5, 5.41) is 9.83. The Kier molecular flexibility index (Phi) is 6.52. The number of aliphatic carboxylic acids is 1. The topological polar surface area (TPSA) is 59.4 Å². The largest absolute Gasteiger partial charge is 0.489 e. The standard InChI is InChI=1S/C34H38FNO3/c1-21-16-27(31(35)19-36-21)25-11-8-22(17-26(25)28-7-5-13-33(28,2)3)20-39-24-10-9-23-6-4-14-34(30(23)18-24)15-12-29(34)32(37)38/h8-11,16-19,28-29H,4-7,12-15,20H2,1-3H3,(H,37,38)/t28-,29+,34+/m0/s1. The lowest BCUT2D eigenvalue weighted by atomic mass is 9.52. The lowest BCUT2D eigenvalue weighted by molar-refractivity contribution is -0.150. The van der Waals surface area contributed by atoms with Crippen LogP contribution in [0.5, 0.6) is 5.75 Å². The summed E-state index contributed by atoms with van der Waals surface area (Å²) in [5.74, 6) is -0.137. The van der Waals surface area contributed by atoms with Crippen LogP contribution < -0.4 is 4.74 Å². The highest BCUT2D eigenvalue weighted by atomic mass is 19.1. The molecular weight excluding hydrogens is 489 g/mol. The molecule has 4 nitrogen and oxygen atoms in total. The van der Waals surface area contributed by atoms with Crippen LogP contribution in [-0.4, -0.2) is 16.1 Å². The molecule has 1 aromatic heterocycles. The molecule has 2 saturated carbocycles. The van der Waals surface area contributed by atoms with E-state index in [2.05, 4.69) is 37.0 Å². The van der Waals surface area contributed by atoms with Gasteiger partial charge in [0.1, 0.15) is 18.2 Å². The van der Waals surface area contributed by atoms with E-state index in [1.165, 1.54) is 29.3 Å². The number of carboxylic acids is 1. The number of carbonyl (C=O) groups is 1. The predicted octanol–water partition coefficient (Wildman–Crippen LogP) is 8.14. The monoisotopic (exact) mass is 527 g/mol. The Labute approximate surface area is 230 Å². The second kappa shape index (κ2) is 9.76. The Morgan fingerprint density at radius 2 is 1.90 bits per heavy atom. The summed E-state index contributed by atoms with van der Waals surface area (Å²) in [5.41, 5.74) is 6.95. The highest BCUT2D eigenvalue weighted by Gasteiger charge is 2.53. The van der Waals surface area contributed by atoms with Crippen molar-refractivity contribution >= 4 is 5.97 Å². The highest BCUT2D eigenvalue weighted by Crippen LogP contribution is 2.56. The van der Waals surface area contributed by atoms with Crippen molar-refractivity contribution in [3.05, 3.63) is 82.4 Å². The number of hydrogen-bond donors (Lipinski definition) is 1. The lowest BCUT2D eigenvalue weighted by Crippen LogP contribution is -2.50. The molecule has 39 heavy (non-hydrogen) atoms. The number of ether oxygens (including phenoxy) is 1. The third-order valence-corrected chi connectivity index (χ3v) is 9.97. The Morgan fingerprint density at radius 1 is 1.05 bits per heavy atom. The van der Waals surface area contributed by atoms with Gasteiger partial charge in [-0.2, -0.15) is 0 Å². The molecule has 0 bridgehead atoms. The minimum absolute atomic E-state index is 0.142. The van der Waals surface area contributed by atoms with Crippen molar-refractivity contribution < 1.29 is 19.0 Å². The number of benzene rings is 2. The predicted molar refractivity (Wildman–Crippen MR) is 150 cm³/mol. The minimum atomic E-state index is -0.677. The van der Waals surface area contributed by atoms with Crippen molar-refractivity contribution in [1.29, 1.82) is 0 Å². The maximum absolute atomic E-state index is 15.0. The molecular formula is C34H38FNO3. The third-order valence-electron chi connectivity index (χ3n) is 9.97. The summed E-state index contributed by atoms with van der Waals surface area (Å²) in [4.78, 5) is 16.1. The van der Waals surface area contributed by atoms with E-state index in [-0.39, 0.29) is 22.6 Å². The number of hydrogen-bond acceptors (Lipinski definition) is 3. The fourth-order valence-corrected chi connectivity index (χ4v) is 7.73. The molecule has 5 heteroatoms. The van der Waals surface area contributed by atoms with Crippen molar-refractivity contribution in [1.82, 2.24) is 4.98 Å². The zero-order valence-corrected chi connectivity index (χ0v) is 23.2. The first-order valence-corrected chi connectivity index (χ1v) is 14.4. The number of fused-ring (bicyclic) bond motifs is 2. The average molecular weight is 528 g/mol. The molecule has 6 rings (SSSR count). The third kappa shape index (κ3) is 4.54. The molecule has 2 aromatic carbocycles. The van der Waals surface area contributed by atoms with Crippen molar-refractivity contribution in [2.24, 2.45) is 11.3 Å². The van der Waals surface area contributed by atoms with Crippen LogP contribution >= 0.6 is 0 Å². The molecule has 3 atom stereocenters. The molecule has 0 amide bonds. The van der Waals surface area contributed by atoms with E-state index in [4.69, 9.17) is 4.74 Å². The van der Waals surface area contributed by atoms with E-state index in [0.29, 0.717) is 18.1 Å². The maximum atomic E-state index is 15.0. The Bertz CT molecular complexity index is 1430. The number of aromatic nitrogens is 1. The van der Waals surface area contributed by atoms with Crippen LogP contribution in [0.15, 0.2) is 48.7 Å². The number of halogens is 1. The first-order valence-electron chi connectivity index (χ1n) is 14.4. The molecule has 0 unspecified atom stereocenters. The van der Waals surface area contributed by atoms with Crippen molar-refractivity contribution in [3.8, 4) is 16.9 Å². The number of rotatable bonds is 6. The zero-order chi connectivity index (χ0) is 27.4. The number of aryl methyl sites for hydroxylation is 2. The first kappa shape index (κ1) is 26.0. The van der Waals surface area contributed by atoms with E-state index in [9.17, 15) is 14.3 Å². The fourth-order valence-electron chi connectivity index (χ4n) is 7.73. The van der Waals surface area contributed by atoms with Crippen molar-refractivity contribution in [2.45, 2.75) is 90.1 Å². The van der Waals surface area contributed by atoms with Gasteiger partial charge in [-0.25, -0.2) is 4.39 Å². The molecule has 1 heterocycles. The van der Waals surface area contributed by atoms with E-state index < -0.39 is 5.97 Å². The van der Waals surface area contributed by atoms with Gasteiger partial charge in [0.05, 0.1) is 12.1 Å². The average Bonchev–Trinajstić information content (AvgIpc) is 3.26. The van der Waals surface area contributed by atoms with Crippen LogP contribution in [0.4, 0.5) is 4.39 Å². The van der Waals surface area contributed by atoms with Crippen molar-refractivity contribution in [2.75, 3.05) is 0 Å². The van der Waals surface area contributed by atoms with Gasteiger partial charge in [0.15, 0.2) is 0 Å². The van der Waals surface area contributed by atoms with Crippen LogP contribution in [0, 0.1) is 24.1 Å². The van der Waals surface area contributed by atoms with Gasteiger partial charge in [-0.15, -0.1) is 0 Å². The van der Waals surface area contributed by atoms with Gasteiger partial charge in [-0.05, 0) is 109 Å². The maximum Gasteiger partial charge on any atom is 0.307 e. The van der Waals surface area contributed by atoms with E-state index >= 15 is 0 Å². The van der Waals surface area contributed by atoms with Crippen molar-refractivity contribution in [3.63, 3.8) is 0 Å². The number of nitrogens with zero attached hydrogens (tertiary/aromatic N) is 1. The van der Waals surface area contributed by atoms with E-state index in [1.807, 2.05) is 31.2 Å². The van der Waals surface area contributed by atoms with Crippen LogP contribution in [0.1, 0.15) is 92.7 Å². The summed E-state index contributed by atoms with van der Waals surface area (Å²) in [6.45, 7) is 6.95. The fraction of sp³-hybridized carbons (Fsp3) is 0.471. The lowest BCUT2D eigenvalue weighted by Gasteiger charge is -2.51. The summed E-state index contributed by atoms with van der Waals surface area (Å²) in [6.07, 6.45) is 9.41. The normalized spacial score (nSPS) is 25.2. The number of pyridine rings is 1. The highest BCUT2D eigenvalue weighted by molar-refractivity contribution is 5.75. The molecule has 0 saturated heterocycles. The second-order valence-corrected chi connectivity index (χ2v) is 12.7. The molecule has 204 valence electrons. The van der Waals surface area contributed by atoms with Gasteiger partial charge in [0, 0.05) is 16.7 Å². The molecule has 1 spiro atoms. The van der Waals surface area contributed by atoms with Gasteiger partial charge >= 0.3 is 5.97 Å². The van der Waals surface area contributed by atoms with E-state index in [0.717, 1.165) is 67.5 Å². The smallest absolute Gasteiger partial charge is 0.307 e. The summed E-state index contributed by atoms with van der Waals surface area (Å²) >= 11 is 0.